The van der Waals surface area contributed by atoms with Crippen LogP contribution in [0.1, 0.15) is 12.0 Å². The molecule has 114 valence electrons. The van der Waals surface area contributed by atoms with Crippen molar-refractivity contribution >= 4 is 5.97 Å². The highest BCUT2D eigenvalue weighted by Gasteiger charge is 2.28. The summed E-state index contributed by atoms with van der Waals surface area (Å²) >= 11 is 0. The maximum absolute atomic E-state index is 10.5. The summed E-state index contributed by atoms with van der Waals surface area (Å²) in [5.74, 6) is -2.66. The first-order valence-corrected chi connectivity index (χ1v) is 5.98. The highest BCUT2D eigenvalue weighted by Crippen LogP contribution is 2.11. The van der Waals surface area contributed by atoms with Crippen LogP contribution in [0.15, 0.2) is 24.3 Å². The molecule has 0 aromatic heterocycles. The molecule has 2 N–H and O–H groups in total. The molecule has 1 aromatic rings. The second-order valence-corrected chi connectivity index (χ2v) is 4.51. The standard InChI is InChI=1S/C11H17NO.C2HF3O2/c1-12(2)9-3-4-10-5-7-11(13)8-6-10;3-2(4,5)1(6)7/h5-8,13H,3-4,9H2,1-2H3;(H,6,7). The number of nitrogens with one attached hydrogen (secondary N) is 1. The minimum Gasteiger partial charge on any atom is -0.542 e. The number of rotatable bonds is 4. The zero-order chi connectivity index (χ0) is 15.8. The van der Waals surface area contributed by atoms with Crippen LogP contribution in [0.3, 0.4) is 0 Å². The van der Waals surface area contributed by atoms with Crippen molar-refractivity contribution in [2.45, 2.75) is 19.0 Å². The van der Waals surface area contributed by atoms with Gasteiger partial charge in [0.1, 0.15) is 11.7 Å². The molecule has 4 nitrogen and oxygen atoms in total. The number of hydrogen-bond donors (Lipinski definition) is 2. The molecule has 0 aliphatic rings. The number of carbonyl (C=O) groups is 1. The molecule has 1 rings (SSSR count). The van der Waals surface area contributed by atoms with Crippen LogP contribution in [-0.4, -0.2) is 37.9 Å². The first-order valence-electron chi connectivity index (χ1n) is 5.98. The Balaban J connectivity index is 0.000000441. The Labute approximate surface area is 115 Å². The molecular formula is C13H18F3NO3. The third kappa shape index (κ3) is 9.21. The summed E-state index contributed by atoms with van der Waals surface area (Å²) in [7, 11) is 4.33. The SMILES string of the molecule is C[NH+](C)CCCc1ccc(O)cc1.O=C([O-])C(F)(F)F. The number of benzene rings is 1. The first kappa shape index (κ1) is 18.2. The van der Waals surface area contributed by atoms with Gasteiger partial charge in [-0.25, -0.2) is 0 Å². The van der Waals surface area contributed by atoms with Gasteiger partial charge < -0.3 is 19.9 Å². The van der Waals surface area contributed by atoms with Crippen molar-refractivity contribution in [3.8, 4) is 5.75 Å². The van der Waals surface area contributed by atoms with Crippen molar-refractivity contribution in [3.63, 3.8) is 0 Å². The quantitative estimate of drug-likeness (QED) is 0.806. The van der Waals surface area contributed by atoms with Crippen LogP contribution in [0.4, 0.5) is 13.2 Å². The summed E-state index contributed by atoms with van der Waals surface area (Å²) < 4.78 is 31.5. The van der Waals surface area contributed by atoms with Gasteiger partial charge in [-0.15, -0.1) is 0 Å². The van der Waals surface area contributed by atoms with E-state index in [9.17, 15) is 13.2 Å². The molecule has 0 saturated carbocycles. The van der Waals surface area contributed by atoms with Crippen LogP contribution in [0.25, 0.3) is 0 Å². The minimum atomic E-state index is -5.19. The number of carbonyl (C=O) groups excluding carboxylic acids is 1. The van der Waals surface area contributed by atoms with Gasteiger partial charge >= 0.3 is 6.18 Å². The maximum Gasteiger partial charge on any atom is 0.430 e. The lowest BCUT2D eigenvalue weighted by atomic mass is 10.1. The molecule has 0 aliphatic heterocycles. The number of halogens is 3. The lowest BCUT2D eigenvalue weighted by Gasteiger charge is -2.06. The van der Waals surface area contributed by atoms with E-state index in [4.69, 9.17) is 15.0 Å². The average molecular weight is 293 g/mol. The van der Waals surface area contributed by atoms with E-state index >= 15 is 0 Å². The Kier molecular flexibility index (Phi) is 7.68. The molecule has 0 unspecified atom stereocenters. The van der Waals surface area contributed by atoms with Gasteiger partial charge in [0.25, 0.3) is 0 Å². The third-order valence-corrected chi connectivity index (χ3v) is 2.31. The number of phenolic OH excluding ortho intramolecular Hbond substituents is 1. The largest absolute Gasteiger partial charge is 0.542 e. The number of phenols is 1. The molecule has 0 amide bonds. The van der Waals surface area contributed by atoms with Gasteiger partial charge in [0.2, 0.25) is 0 Å². The number of carboxylic acid groups (broad SMARTS) is 1. The molecule has 0 aliphatic carbocycles. The molecule has 0 spiro atoms. The van der Waals surface area contributed by atoms with Crippen molar-refractivity contribution in [2.75, 3.05) is 20.6 Å². The van der Waals surface area contributed by atoms with E-state index < -0.39 is 12.1 Å². The second-order valence-electron chi connectivity index (χ2n) is 4.51. The maximum atomic E-state index is 10.5. The minimum absolute atomic E-state index is 0.349. The van der Waals surface area contributed by atoms with Crippen molar-refractivity contribution in [2.24, 2.45) is 0 Å². The molecule has 0 fully saturated rings. The van der Waals surface area contributed by atoms with E-state index in [1.54, 1.807) is 12.1 Å². The molecule has 7 heteroatoms. The Hall–Kier alpha value is -1.76. The summed E-state index contributed by atoms with van der Waals surface area (Å²) in [5.41, 5.74) is 1.30. The highest BCUT2D eigenvalue weighted by atomic mass is 19.4. The van der Waals surface area contributed by atoms with Crippen molar-refractivity contribution < 1.29 is 33.1 Å². The van der Waals surface area contributed by atoms with E-state index in [1.165, 1.54) is 23.4 Å². The first-order chi connectivity index (χ1) is 9.12. The van der Waals surface area contributed by atoms with E-state index in [0.29, 0.717) is 5.75 Å². The van der Waals surface area contributed by atoms with Gasteiger partial charge in [-0.3, -0.25) is 0 Å². The summed E-state index contributed by atoms with van der Waals surface area (Å²) in [6.45, 7) is 1.20. The van der Waals surface area contributed by atoms with E-state index in [-0.39, 0.29) is 0 Å². The molecule has 0 atom stereocenters. The number of aromatic hydroxyl groups is 1. The monoisotopic (exact) mass is 293 g/mol. The molecule has 1 aromatic carbocycles. The molecule has 0 radical (unpaired) electrons. The average Bonchev–Trinajstić information content (AvgIpc) is 2.31. The summed E-state index contributed by atoms with van der Waals surface area (Å²) in [6.07, 6.45) is -2.89. The zero-order valence-electron chi connectivity index (χ0n) is 11.3. The normalized spacial score (nSPS) is 10.9. The van der Waals surface area contributed by atoms with Gasteiger partial charge in [0.05, 0.1) is 20.6 Å². The fourth-order valence-corrected chi connectivity index (χ4v) is 1.31. The lowest BCUT2D eigenvalue weighted by Crippen LogP contribution is -3.05. The van der Waals surface area contributed by atoms with Crippen LogP contribution in [0.2, 0.25) is 0 Å². The predicted octanol–water partition coefficient (Wildman–Crippen LogP) is -0.232. The number of hydrogen-bond acceptors (Lipinski definition) is 3. The molecule has 0 heterocycles. The van der Waals surface area contributed by atoms with Crippen LogP contribution in [0.5, 0.6) is 5.75 Å². The number of alkyl halides is 3. The van der Waals surface area contributed by atoms with Crippen molar-refractivity contribution in [1.82, 2.24) is 0 Å². The fourth-order valence-electron chi connectivity index (χ4n) is 1.31. The van der Waals surface area contributed by atoms with Crippen LogP contribution in [-0.2, 0) is 11.2 Å². The zero-order valence-corrected chi connectivity index (χ0v) is 11.3. The number of aryl methyl sites for hydroxylation is 1. The summed E-state index contributed by atoms with van der Waals surface area (Å²) in [5, 5.41) is 17.9. The smallest absolute Gasteiger partial charge is 0.430 e. The topological polar surface area (TPSA) is 64.8 Å². The third-order valence-electron chi connectivity index (χ3n) is 2.31. The van der Waals surface area contributed by atoms with Crippen LogP contribution in [0, 0.1) is 0 Å². The predicted molar refractivity (Wildman–Crippen MR) is 65.2 cm³/mol. The number of aliphatic carboxylic acids is 1. The van der Waals surface area contributed by atoms with E-state index in [1.807, 2.05) is 12.1 Å². The van der Waals surface area contributed by atoms with Gasteiger partial charge in [0, 0.05) is 6.42 Å². The van der Waals surface area contributed by atoms with Gasteiger partial charge in [-0.1, -0.05) is 12.1 Å². The Morgan fingerprint density at radius 3 is 2.05 bits per heavy atom. The molecule has 0 bridgehead atoms. The Morgan fingerprint density at radius 2 is 1.70 bits per heavy atom. The Bertz CT molecular complexity index is 402. The molecule has 0 saturated heterocycles. The fraction of sp³-hybridized carbons (Fsp3) is 0.462. The summed E-state index contributed by atoms with van der Waals surface area (Å²) in [4.78, 5) is 10.3. The second kappa shape index (κ2) is 8.42. The number of quaternary nitrogens is 1. The van der Waals surface area contributed by atoms with Crippen molar-refractivity contribution in [3.05, 3.63) is 29.8 Å². The van der Waals surface area contributed by atoms with E-state index in [2.05, 4.69) is 14.1 Å². The number of carboxylic acids is 1. The van der Waals surface area contributed by atoms with Gasteiger partial charge in [-0.05, 0) is 24.1 Å². The Morgan fingerprint density at radius 1 is 1.25 bits per heavy atom. The van der Waals surface area contributed by atoms with Crippen LogP contribution < -0.4 is 10.0 Å². The van der Waals surface area contributed by atoms with Gasteiger partial charge in [-0.2, -0.15) is 13.2 Å². The molecule has 20 heavy (non-hydrogen) atoms. The highest BCUT2D eigenvalue weighted by molar-refractivity contribution is 5.70. The van der Waals surface area contributed by atoms with E-state index in [0.717, 1.165) is 6.42 Å². The van der Waals surface area contributed by atoms with Gasteiger partial charge in [0.15, 0.2) is 0 Å². The summed E-state index contributed by atoms with van der Waals surface area (Å²) in [6, 6.07) is 7.47. The van der Waals surface area contributed by atoms with Crippen LogP contribution >= 0.6 is 0 Å². The molecular weight excluding hydrogens is 275 g/mol. The lowest BCUT2D eigenvalue weighted by molar-refractivity contribution is -0.858. The van der Waals surface area contributed by atoms with Crippen molar-refractivity contribution in [1.29, 1.82) is 0 Å².